The van der Waals surface area contributed by atoms with Gasteiger partial charge in [-0.2, -0.15) is 0 Å². The first-order valence-corrected chi connectivity index (χ1v) is 8.44. The number of hydrogen-bond donors (Lipinski definition) is 1. The quantitative estimate of drug-likeness (QED) is 0.792. The van der Waals surface area contributed by atoms with Crippen LogP contribution < -0.4 is 10.1 Å². The van der Waals surface area contributed by atoms with Gasteiger partial charge in [0.05, 0.1) is 0 Å². The monoisotopic (exact) mass is 360 g/mol. The molecule has 6 nitrogen and oxygen atoms in total. The average Bonchev–Trinajstić information content (AvgIpc) is 2.53. The minimum atomic E-state index is -0.711. The number of amides is 2. The lowest BCUT2D eigenvalue weighted by molar-refractivity contribution is -0.130. The predicted octanol–water partition coefficient (Wildman–Crippen LogP) is 2.61. The molecule has 0 radical (unpaired) electrons. The summed E-state index contributed by atoms with van der Waals surface area (Å²) in [6, 6.07) is 6.65. The third kappa shape index (κ3) is 7.93. The fraction of sp³-hybridized carbons (Fsp3) is 0.500. The maximum Gasteiger partial charge on any atom is 0.408 e. The van der Waals surface area contributed by atoms with Gasteiger partial charge in [-0.1, -0.05) is 18.1 Å². The van der Waals surface area contributed by atoms with E-state index in [0.29, 0.717) is 18.8 Å². The molecule has 1 aromatic rings. The van der Waals surface area contributed by atoms with E-state index in [9.17, 15) is 9.59 Å². The molecule has 0 aromatic heterocycles. The molecule has 0 saturated carbocycles. The summed E-state index contributed by atoms with van der Waals surface area (Å²) in [5, 5.41) is 2.66. The fourth-order valence-corrected chi connectivity index (χ4v) is 2.11. The van der Waals surface area contributed by atoms with E-state index < -0.39 is 17.7 Å². The van der Waals surface area contributed by atoms with Crippen molar-refractivity contribution in [2.45, 2.75) is 45.8 Å². The smallest absolute Gasteiger partial charge is 0.408 e. The Kier molecular flexibility index (Phi) is 7.98. The molecule has 0 aliphatic heterocycles. The Balaban J connectivity index is 2.80. The van der Waals surface area contributed by atoms with Gasteiger partial charge in [-0.3, -0.25) is 4.79 Å². The van der Waals surface area contributed by atoms with Crippen molar-refractivity contribution in [3.05, 3.63) is 29.8 Å². The summed E-state index contributed by atoms with van der Waals surface area (Å²) in [6.07, 6.45) is -0.263. The third-order valence-electron chi connectivity index (χ3n) is 3.28. The van der Waals surface area contributed by atoms with Gasteiger partial charge in [-0.05, 0) is 45.4 Å². The van der Waals surface area contributed by atoms with Crippen LogP contribution in [-0.4, -0.2) is 49.2 Å². The van der Waals surface area contributed by atoms with Gasteiger partial charge in [-0.25, -0.2) is 4.79 Å². The minimum absolute atomic E-state index is 0.200. The zero-order chi connectivity index (χ0) is 19.7. The molecule has 1 N–H and O–H groups in total. The molecule has 0 saturated heterocycles. The average molecular weight is 360 g/mol. The Morgan fingerprint density at radius 2 is 1.81 bits per heavy atom. The summed E-state index contributed by atoms with van der Waals surface area (Å²) >= 11 is 0. The van der Waals surface area contributed by atoms with Gasteiger partial charge in [0.25, 0.3) is 0 Å². The summed E-state index contributed by atoms with van der Waals surface area (Å²) in [7, 11) is 3.30. The van der Waals surface area contributed by atoms with Crippen LogP contribution in [0.15, 0.2) is 24.3 Å². The molecular weight excluding hydrogens is 332 g/mol. The SMILES string of the molecule is CC#CCOc1ccc(CC(NC(=O)OC(C)(C)C)C(=O)N(C)C)cc1. The van der Waals surface area contributed by atoms with Gasteiger partial charge in [-0.15, -0.1) is 5.92 Å². The zero-order valence-corrected chi connectivity index (χ0v) is 16.4. The van der Waals surface area contributed by atoms with Crippen LogP contribution in [0.5, 0.6) is 5.75 Å². The molecule has 1 unspecified atom stereocenters. The van der Waals surface area contributed by atoms with E-state index in [1.54, 1.807) is 41.8 Å². The van der Waals surface area contributed by atoms with E-state index in [4.69, 9.17) is 9.47 Å². The van der Waals surface area contributed by atoms with Crippen molar-refractivity contribution in [3.8, 4) is 17.6 Å². The second-order valence-corrected chi connectivity index (χ2v) is 7.00. The van der Waals surface area contributed by atoms with E-state index in [2.05, 4.69) is 17.2 Å². The van der Waals surface area contributed by atoms with Crippen LogP contribution in [0, 0.1) is 11.8 Å². The highest BCUT2D eigenvalue weighted by Gasteiger charge is 2.25. The number of alkyl carbamates (subject to hydrolysis) is 1. The summed E-state index contributed by atoms with van der Waals surface area (Å²) in [6.45, 7) is 7.41. The maximum absolute atomic E-state index is 12.4. The van der Waals surface area contributed by atoms with Crippen molar-refractivity contribution < 1.29 is 19.1 Å². The normalized spacial score (nSPS) is 11.6. The Labute approximate surface area is 155 Å². The number of rotatable bonds is 6. The largest absolute Gasteiger partial charge is 0.481 e. The van der Waals surface area contributed by atoms with E-state index in [1.807, 2.05) is 24.3 Å². The van der Waals surface area contributed by atoms with Gasteiger partial charge >= 0.3 is 6.09 Å². The number of nitrogens with zero attached hydrogens (tertiary/aromatic N) is 1. The van der Waals surface area contributed by atoms with Crippen molar-refractivity contribution in [2.24, 2.45) is 0 Å². The zero-order valence-electron chi connectivity index (χ0n) is 16.4. The summed E-state index contributed by atoms with van der Waals surface area (Å²) in [5.74, 6) is 6.09. The number of hydrogen-bond acceptors (Lipinski definition) is 4. The Morgan fingerprint density at radius 3 is 2.31 bits per heavy atom. The Hall–Kier alpha value is -2.68. The summed E-state index contributed by atoms with van der Waals surface area (Å²) in [4.78, 5) is 25.9. The van der Waals surface area contributed by atoms with Crippen LogP contribution in [0.3, 0.4) is 0 Å². The third-order valence-corrected chi connectivity index (χ3v) is 3.28. The van der Waals surface area contributed by atoms with Crippen molar-refractivity contribution in [1.29, 1.82) is 0 Å². The molecule has 2 amide bonds. The van der Waals surface area contributed by atoms with E-state index in [0.717, 1.165) is 5.56 Å². The van der Waals surface area contributed by atoms with Gasteiger partial charge in [0.15, 0.2) is 0 Å². The van der Waals surface area contributed by atoms with Crippen molar-refractivity contribution in [1.82, 2.24) is 10.2 Å². The van der Waals surface area contributed by atoms with Crippen molar-refractivity contribution in [2.75, 3.05) is 20.7 Å². The number of benzene rings is 1. The standard InChI is InChI=1S/C20H28N2O4/c1-7-8-13-25-16-11-9-15(10-12-16)14-17(18(23)22(5)6)21-19(24)26-20(2,3)4/h9-12,17H,13-14H2,1-6H3,(H,21,24). The molecule has 1 aromatic carbocycles. The highest BCUT2D eigenvalue weighted by Crippen LogP contribution is 2.14. The molecule has 26 heavy (non-hydrogen) atoms. The van der Waals surface area contributed by atoms with Gasteiger partial charge in [0.2, 0.25) is 5.91 Å². The number of ether oxygens (including phenoxy) is 2. The lowest BCUT2D eigenvalue weighted by atomic mass is 10.0. The molecule has 0 aliphatic carbocycles. The number of carbonyl (C=O) groups excluding carboxylic acids is 2. The summed E-state index contributed by atoms with van der Waals surface area (Å²) < 4.78 is 10.7. The molecule has 0 heterocycles. The molecule has 1 rings (SSSR count). The van der Waals surface area contributed by atoms with Crippen molar-refractivity contribution in [3.63, 3.8) is 0 Å². The first-order valence-electron chi connectivity index (χ1n) is 8.44. The van der Waals surface area contributed by atoms with Crippen LogP contribution in [0.25, 0.3) is 0 Å². The van der Waals surface area contributed by atoms with Crippen molar-refractivity contribution >= 4 is 12.0 Å². The fourth-order valence-electron chi connectivity index (χ4n) is 2.11. The van der Waals surface area contributed by atoms with E-state index in [1.165, 1.54) is 4.90 Å². The van der Waals surface area contributed by atoms with E-state index >= 15 is 0 Å². The summed E-state index contributed by atoms with van der Waals surface area (Å²) in [5.41, 5.74) is 0.270. The van der Waals surface area contributed by atoms with Gasteiger partial charge in [0.1, 0.15) is 24.0 Å². The molecule has 0 spiro atoms. The van der Waals surface area contributed by atoms with Crippen LogP contribution in [0.4, 0.5) is 4.79 Å². The molecule has 0 aliphatic rings. The topological polar surface area (TPSA) is 67.9 Å². The lowest BCUT2D eigenvalue weighted by Gasteiger charge is -2.25. The predicted molar refractivity (Wildman–Crippen MR) is 101 cm³/mol. The highest BCUT2D eigenvalue weighted by atomic mass is 16.6. The molecular formula is C20H28N2O4. The Bertz CT molecular complexity index is 664. The van der Waals surface area contributed by atoms with Gasteiger partial charge in [0, 0.05) is 20.5 Å². The highest BCUT2D eigenvalue weighted by molar-refractivity contribution is 5.85. The van der Waals surface area contributed by atoms with Crippen LogP contribution >= 0.6 is 0 Å². The molecule has 0 bridgehead atoms. The number of likely N-dealkylation sites (N-methyl/N-ethyl adjacent to an activating group) is 1. The first-order chi connectivity index (χ1) is 12.1. The maximum atomic E-state index is 12.4. The van der Waals surface area contributed by atoms with Crippen LogP contribution in [0.1, 0.15) is 33.3 Å². The molecule has 142 valence electrons. The van der Waals surface area contributed by atoms with Crippen LogP contribution in [0.2, 0.25) is 0 Å². The van der Waals surface area contributed by atoms with E-state index in [-0.39, 0.29) is 5.91 Å². The second-order valence-electron chi connectivity index (χ2n) is 7.00. The first kappa shape index (κ1) is 21.4. The second kappa shape index (κ2) is 9.71. The molecule has 0 fully saturated rings. The molecule has 6 heteroatoms. The number of carbonyl (C=O) groups is 2. The lowest BCUT2D eigenvalue weighted by Crippen LogP contribution is -2.48. The minimum Gasteiger partial charge on any atom is -0.481 e. The molecule has 1 atom stereocenters. The van der Waals surface area contributed by atoms with Crippen LogP contribution in [-0.2, 0) is 16.0 Å². The number of nitrogens with one attached hydrogen (secondary N) is 1. The van der Waals surface area contributed by atoms with Gasteiger partial charge < -0.3 is 19.7 Å². The Morgan fingerprint density at radius 1 is 1.19 bits per heavy atom.